The molecule has 0 atom stereocenters. The summed E-state index contributed by atoms with van der Waals surface area (Å²) in [5.41, 5.74) is 5.51. The zero-order valence-electron chi connectivity index (χ0n) is 20.1. The van der Waals surface area contributed by atoms with Crippen molar-refractivity contribution in [3.63, 3.8) is 0 Å². The monoisotopic (exact) mass is 498 g/mol. The van der Waals surface area contributed by atoms with Crippen LogP contribution in [0.5, 0.6) is 0 Å². The van der Waals surface area contributed by atoms with Crippen LogP contribution in [0.1, 0.15) is 23.6 Å². The summed E-state index contributed by atoms with van der Waals surface area (Å²) in [4.78, 5) is 28.7. The van der Waals surface area contributed by atoms with E-state index in [2.05, 4.69) is 6.58 Å². The van der Waals surface area contributed by atoms with Gasteiger partial charge in [-0.15, -0.1) is 0 Å². The zero-order chi connectivity index (χ0) is 25.4. The van der Waals surface area contributed by atoms with Crippen LogP contribution in [0.2, 0.25) is 0 Å². The second-order valence-corrected chi connectivity index (χ2v) is 9.66. The topological polar surface area (TPSA) is 59.1 Å². The van der Waals surface area contributed by atoms with Crippen LogP contribution in [0.15, 0.2) is 124 Å². The van der Waals surface area contributed by atoms with E-state index in [9.17, 15) is 4.79 Å². The zero-order valence-corrected chi connectivity index (χ0v) is 20.9. The van der Waals surface area contributed by atoms with E-state index >= 15 is 0 Å². The second kappa shape index (κ2) is 9.41. The molecule has 0 saturated heterocycles. The number of aromatic nitrogens is 2. The Morgan fingerprint density at radius 3 is 2.24 bits per heavy atom. The number of fused-ring (bicyclic) bond motifs is 4. The first kappa shape index (κ1) is 22.8. The van der Waals surface area contributed by atoms with E-state index in [0.717, 1.165) is 32.6 Å². The normalized spacial score (nSPS) is 12.5. The van der Waals surface area contributed by atoms with Crippen molar-refractivity contribution in [3.8, 4) is 0 Å². The van der Waals surface area contributed by atoms with Gasteiger partial charge in [-0.1, -0.05) is 96.8 Å². The molecule has 0 fully saturated rings. The predicted octanol–water partition coefficient (Wildman–Crippen LogP) is 6.99. The molecule has 0 saturated carbocycles. The van der Waals surface area contributed by atoms with E-state index in [1.165, 1.54) is 11.3 Å². The molecule has 6 rings (SSSR count). The summed E-state index contributed by atoms with van der Waals surface area (Å²) in [5, 5.41) is 0.551. The molecule has 5 nitrogen and oxygen atoms in total. The maximum Gasteiger partial charge on any atom is 0.266 e. The summed E-state index contributed by atoms with van der Waals surface area (Å²) in [7, 11) is 0. The Balaban J connectivity index is 1.53. The highest BCUT2D eigenvalue weighted by atomic mass is 32.1. The SMILES string of the molecule is C=C(N=C(N=C(C)c1ccccc1)c1ccc2c(=O)n3c(nc2c1)sc1ccccc13)c1ccccc1. The Labute approximate surface area is 217 Å². The van der Waals surface area contributed by atoms with E-state index in [4.69, 9.17) is 15.0 Å². The lowest BCUT2D eigenvalue weighted by molar-refractivity contribution is 1.16. The summed E-state index contributed by atoms with van der Waals surface area (Å²) >= 11 is 1.50. The fraction of sp³-hybridized carbons (Fsp3) is 0.0323. The van der Waals surface area contributed by atoms with Crippen molar-refractivity contribution in [2.24, 2.45) is 9.98 Å². The molecule has 0 amide bonds. The fourth-order valence-electron chi connectivity index (χ4n) is 4.29. The van der Waals surface area contributed by atoms with Crippen LogP contribution in [0.4, 0.5) is 0 Å². The van der Waals surface area contributed by atoms with Gasteiger partial charge in [0.05, 0.1) is 26.8 Å². The molecule has 0 spiro atoms. The standard InChI is InChI=1S/C31H22N4OS/c1-20(22-11-5-3-6-12-22)32-29(33-21(2)23-13-7-4-8-14-23)24-17-18-25-26(19-24)34-31-35(30(25)36)27-15-9-10-16-28(27)37-31/h3-19H,1H2,2H3. The average molecular weight is 499 g/mol. The quantitative estimate of drug-likeness (QED) is 0.194. The van der Waals surface area contributed by atoms with E-state index in [1.54, 1.807) is 4.40 Å². The smallest absolute Gasteiger partial charge is 0.266 e. The van der Waals surface area contributed by atoms with Crippen molar-refractivity contribution in [2.45, 2.75) is 6.92 Å². The van der Waals surface area contributed by atoms with Crippen LogP contribution in [-0.2, 0) is 0 Å². The van der Waals surface area contributed by atoms with Crippen LogP contribution in [0, 0.1) is 0 Å². The third kappa shape index (κ3) is 4.28. The maximum atomic E-state index is 13.4. The van der Waals surface area contributed by atoms with Crippen molar-refractivity contribution >= 4 is 54.7 Å². The van der Waals surface area contributed by atoms with Crippen molar-refractivity contribution in [3.05, 3.63) is 137 Å². The van der Waals surface area contributed by atoms with Gasteiger partial charge in [0.2, 0.25) is 0 Å². The van der Waals surface area contributed by atoms with Crippen molar-refractivity contribution in [1.82, 2.24) is 9.38 Å². The van der Waals surface area contributed by atoms with Crippen LogP contribution in [0.3, 0.4) is 0 Å². The minimum Gasteiger partial charge on any atom is -0.268 e. The molecule has 0 N–H and O–H groups in total. The first-order valence-electron chi connectivity index (χ1n) is 11.9. The van der Waals surface area contributed by atoms with Gasteiger partial charge in [-0.05, 0) is 42.3 Å². The average Bonchev–Trinajstić information content (AvgIpc) is 3.32. The number of thiazole rings is 1. The Bertz CT molecular complexity index is 1920. The molecule has 6 heteroatoms. The number of hydrogen-bond donors (Lipinski definition) is 0. The number of rotatable bonds is 4. The lowest BCUT2D eigenvalue weighted by Crippen LogP contribution is -2.14. The molecular formula is C31H22N4OS. The van der Waals surface area contributed by atoms with Crippen molar-refractivity contribution in [2.75, 3.05) is 0 Å². The van der Waals surface area contributed by atoms with Gasteiger partial charge in [0, 0.05) is 11.3 Å². The lowest BCUT2D eigenvalue weighted by Gasteiger charge is -2.08. The molecule has 0 unspecified atom stereocenters. The Morgan fingerprint density at radius 1 is 0.811 bits per heavy atom. The number of para-hydroxylation sites is 1. The predicted molar refractivity (Wildman–Crippen MR) is 155 cm³/mol. The second-order valence-electron chi connectivity index (χ2n) is 8.65. The van der Waals surface area contributed by atoms with Crippen molar-refractivity contribution < 1.29 is 0 Å². The Kier molecular flexibility index (Phi) is 5.79. The molecule has 2 heterocycles. The van der Waals surface area contributed by atoms with Gasteiger partial charge in [-0.3, -0.25) is 9.20 Å². The van der Waals surface area contributed by atoms with Gasteiger partial charge >= 0.3 is 0 Å². The minimum atomic E-state index is -0.0832. The Hall–Kier alpha value is -4.68. The van der Waals surface area contributed by atoms with Gasteiger partial charge in [-0.2, -0.15) is 0 Å². The summed E-state index contributed by atoms with van der Waals surface area (Å²) in [6, 6.07) is 33.2. The molecular weight excluding hydrogens is 476 g/mol. The lowest BCUT2D eigenvalue weighted by atomic mass is 10.1. The highest BCUT2D eigenvalue weighted by molar-refractivity contribution is 7.23. The van der Waals surface area contributed by atoms with Gasteiger partial charge in [0.15, 0.2) is 10.8 Å². The van der Waals surface area contributed by atoms with E-state index in [0.29, 0.717) is 27.4 Å². The summed E-state index contributed by atoms with van der Waals surface area (Å²) in [6.07, 6.45) is 0. The van der Waals surface area contributed by atoms with Crippen LogP contribution in [-0.4, -0.2) is 20.9 Å². The third-order valence-electron chi connectivity index (χ3n) is 6.22. The van der Waals surface area contributed by atoms with Crippen LogP contribution >= 0.6 is 11.3 Å². The van der Waals surface area contributed by atoms with E-state index in [-0.39, 0.29) is 5.56 Å². The summed E-state index contributed by atoms with van der Waals surface area (Å²) in [5.74, 6) is 0.510. The van der Waals surface area contributed by atoms with Crippen LogP contribution in [0.25, 0.3) is 31.8 Å². The Morgan fingerprint density at radius 2 is 1.49 bits per heavy atom. The van der Waals surface area contributed by atoms with E-state index in [1.807, 2.05) is 110 Å². The molecule has 37 heavy (non-hydrogen) atoms. The molecule has 0 radical (unpaired) electrons. The van der Waals surface area contributed by atoms with Gasteiger partial charge < -0.3 is 0 Å². The number of benzene rings is 4. The minimum absolute atomic E-state index is 0.0832. The molecule has 0 bridgehead atoms. The highest BCUT2D eigenvalue weighted by Gasteiger charge is 2.14. The molecule has 6 aromatic rings. The molecule has 0 aliphatic rings. The largest absolute Gasteiger partial charge is 0.268 e. The van der Waals surface area contributed by atoms with Crippen molar-refractivity contribution in [1.29, 1.82) is 0 Å². The third-order valence-corrected chi connectivity index (χ3v) is 7.24. The number of hydrogen-bond acceptors (Lipinski definition) is 4. The summed E-state index contributed by atoms with van der Waals surface area (Å²) in [6.45, 7) is 6.15. The molecule has 2 aromatic heterocycles. The number of amidine groups is 1. The summed E-state index contributed by atoms with van der Waals surface area (Å²) < 4.78 is 2.71. The number of aliphatic imine (C=N–C) groups is 2. The van der Waals surface area contributed by atoms with Gasteiger partial charge in [0.25, 0.3) is 5.56 Å². The molecule has 0 aliphatic carbocycles. The first-order valence-corrected chi connectivity index (χ1v) is 12.7. The maximum absolute atomic E-state index is 13.4. The molecule has 0 aliphatic heterocycles. The van der Waals surface area contributed by atoms with Crippen LogP contribution < -0.4 is 5.56 Å². The highest BCUT2D eigenvalue weighted by Crippen LogP contribution is 2.26. The molecule has 4 aromatic carbocycles. The number of nitrogens with zero attached hydrogens (tertiary/aromatic N) is 4. The first-order chi connectivity index (χ1) is 18.1. The molecule has 178 valence electrons. The van der Waals surface area contributed by atoms with Gasteiger partial charge in [0.1, 0.15) is 0 Å². The van der Waals surface area contributed by atoms with E-state index < -0.39 is 0 Å². The van der Waals surface area contributed by atoms with Gasteiger partial charge in [-0.25, -0.2) is 15.0 Å². The fourth-order valence-corrected chi connectivity index (χ4v) is 5.32.